The molecule has 30 heavy (non-hydrogen) atoms. The number of aliphatic hydroxyl groups is 1. The first kappa shape index (κ1) is 21.8. The first-order chi connectivity index (χ1) is 14.5. The fourth-order valence-electron chi connectivity index (χ4n) is 3.36. The Morgan fingerprint density at radius 1 is 1.17 bits per heavy atom. The first-order valence-electron chi connectivity index (χ1n) is 9.83. The SMILES string of the molecule is Cn1c(=O)n(C2CCC(=O)NC2=O)c2ccc(C#CCOCCCOCCO)cc21. The van der Waals surface area contributed by atoms with Crippen LogP contribution in [0, 0.1) is 11.8 Å². The number of hydrogen-bond acceptors (Lipinski definition) is 6. The summed E-state index contributed by atoms with van der Waals surface area (Å²) in [5.74, 6) is 5.17. The highest BCUT2D eigenvalue weighted by molar-refractivity contribution is 6.00. The van der Waals surface area contributed by atoms with Crippen LogP contribution < -0.4 is 11.0 Å². The van der Waals surface area contributed by atoms with Gasteiger partial charge in [0, 0.05) is 25.6 Å². The average Bonchev–Trinajstić information content (AvgIpc) is 2.97. The molecular weight excluding hydrogens is 390 g/mol. The predicted octanol–water partition coefficient (Wildman–Crippen LogP) is 0.0848. The van der Waals surface area contributed by atoms with Crippen LogP contribution in [0.3, 0.4) is 0 Å². The fourth-order valence-corrected chi connectivity index (χ4v) is 3.36. The van der Waals surface area contributed by atoms with Gasteiger partial charge in [-0.1, -0.05) is 11.8 Å². The maximum atomic E-state index is 12.7. The van der Waals surface area contributed by atoms with Crippen molar-refractivity contribution in [1.29, 1.82) is 0 Å². The van der Waals surface area contributed by atoms with Gasteiger partial charge in [0.05, 0.1) is 30.9 Å². The van der Waals surface area contributed by atoms with E-state index in [9.17, 15) is 14.4 Å². The second-order valence-electron chi connectivity index (χ2n) is 6.93. The number of nitrogens with zero attached hydrogens (tertiary/aromatic N) is 2. The standard InChI is InChI=1S/C21H25N3O6/c1-23-18-14-15(4-2-10-29-11-3-12-30-13-9-25)5-6-16(18)24(21(23)28)17-7-8-19(26)22-20(17)27/h5-6,14,17,25H,3,7-13H2,1H3,(H,22,26,27). The van der Waals surface area contributed by atoms with E-state index in [1.165, 1.54) is 9.13 Å². The number of aliphatic hydroxyl groups excluding tert-OH is 1. The van der Waals surface area contributed by atoms with Crippen LogP contribution in [0.15, 0.2) is 23.0 Å². The van der Waals surface area contributed by atoms with Gasteiger partial charge in [0.2, 0.25) is 11.8 Å². The number of ether oxygens (including phenoxy) is 2. The Balaban J connectivity index is 1.68. The van der Waals surface area contributed by atoms with Gasteiger partial charge in [-0.2, -0.15) is 0 Å². The number of benzene rings is 1. The van der Waals surface area contributed by atoms with Gasteiger partial charge in [0.1, 0.15) is 12.6 Å². The Bertz CT molecular complexity index is 1040. The van der Waals surface area contributed by atoms with Crippen molar-refractivity contribution in [2.24, 2.45) is 7.05 Å². The number of carbonyl (C=O) groups excluding carboxylic acids is 2. The molecule has 1 aliphatic rings. The lowest BCUT2D eigenvalue weighted by Crippen LogP contribution is -2.44. The Kier molecular flexibility index (Phi) is 7.41. The topological polar surface area (TPSA) is 112 Å². The number of fused-ring (bicyclic) bond motifs is 1. The molecule has 2 aromatic rings. The highest BCUT2D eigenvalue weighted by atomic mass is 16.5. The van der Waals surface area contributed by atoms with Crippen molar-refractivity contribution >= 4 is 22.8 Å². The van der Waals surface area contributed by atoms with Crippen molar-refractivity contribution in [2.45, 2.75) is 25.3 Å². The van der Waals surface area contributed by atoms with E-state index in [1.807, 2.05) is 0 Å². The molecule has 1 aliphatic heterocycles. The fraction of sp³-hybridized carbons (Fsp3) is 0.476. The smallest absolute Gasteiger partial charge is 0.329 e. The molecule has 0 saturated carbocycles. The lowest BCUT2D eigenvalue weighted by atomic mass is 10.1. The second kappa shape index (κ2) is 10.2. The van der Waals surface area contributed by atoms with Crippen molar-refractivity contribution < 1.29 is 24.2 Å². The normalized spacial score (nSPS) is 16.4. The molecule has 3 rings (SSSR count). The molecule has 0 radical (unpaired) electrons. The number of nitrogens with one attached hydrogen (secondary N) is 1. The molecular formula is C21H25N3O6. The second-order valence-corrected chi connectivity index (χ2v) is 6.93. The molecule has 1 unspecified atom stereocenters. The van der Waals surface area contributed by atoms with E-state index in [2.05, 4.69) is 17.2 Å². The summed E-state index contributed by atoms with van der Waals surface area (Å²) in [4.78, 5) is 36.4. The number of carbonyl (C=O) groups is 2. The molecule has 1 aromatic heterocycles. The number of imidazole rings is 1. The molecule has 0 bridgehead atoms. The molecule has 9 heteroatoms. The number of piperidine rings is 1. The van der Waals surface area contributed by atoms with Crippen LogP contribution in [0.25, 0.3) is 11.0 Å². The van der Waals surface area contributed by atoms with Crippen LogP contribution in [-0.4, -0.2) is 59.1 Å². The van der Waals surface area contributed by atoms with E-state index in [-0.39, 0.29) is 31.2 Å². The van der Waals surface area contributed by atoms with E-state index in [0.29, 0.717) is 37.3 Å². The molecule has 1 saturated heterocycles. The molecule has 1 fully saturated rings. The third kappa shape index (κ3) is 4.97. The van der Waals surface area contributed by atoms with Gasteiger partial charge >= 0.3 is 5.69 Å². The Morgan fingerprint density at radius 2 is 1.97 bits per heavy atom. The van der Waals surface area contributed by atoms with Crippen molar-refractivity contribution in [3.63, 3.8) is 0 Å². The zero-order valence-corrected chi connectivity index (χ0v) is 16.8. The van der Waals surface area contributed by atoms with Gasteiger partial charge in [-0.25, -0.2) is 4.79 Å². The Labute approximate surface area is 173 Å². The van der Waals surface area contributed by atoms with Crippen LogP contribution >= 0.6 is 0 Å². The Morgan fingerprint density at radius 3 is 2.73 bits per heavy atom. The lowest BCUT2D eigenvalue weighted by molar-refractivity contribution is -0.135. The van der Waals surface area contributed by atoms with Gasteiger partial charge in [0.15, 0.2) is 0 Å². The van der Waals surface area contributed by atoms with Crippen molar-refractivity contribution in [3.8, 4) is 11.8 Å². The molecule has 1 atom stereocenters. The molecule has 160 valence electrons. The minimum atomic E-state index is -0.703. The average molecular weight is 415 g/mol. The van der Waals surface area contributed by atoms with Crippen molar-refractivity contribution in [1.82, 2.24) is 14.5 Å². The highest BCUT2D eigenvalue weighted by Gasteiger charge is 2.31. The molecule has 0 aliphatic carbocycles. The summed E-state index contributed by atoms with van der Waals surface area (Å²) in [6.45, 7) is 1.66. The molecule has 2 N–H and O–H groups in total. The van der Waals surface area contributed by atoms with E-state index >= 15 is 0 Å². The molecule has 2 amide bonds. The number of rotatable bonds is 8. The van der Waals surface area contributed by atoms with Crippen molar-refractivity contribution in [3.05, 3.63) is 34.2 Å². The molecule has 0 spiro atoms. The summed E-state index contributed by atoms with van der Waals surface area (Å²) in [5.41, 5.74) is 1.71. The quantitative estimate of drug-likeness (QED) is 0.359. The largest absolute Gasteiger partial charge is 0.394 e. The summed E-state index contributed by atoms with van der Waals surface area (Å²) >= 11 is 0. The third-order valence-electron chi connectivity index (χ3n) is 4.83. The summed E-state index contributed by atoms with van der Waals surface area (Å²) < 4.78 is 13.5. The van der Waals surface area contributed by atoms with Gasteiger partial charge in [0.25, 0.3) is 0 Å². The van der Waals surface area contributed by atoms with Crippen LogP contribution in [0.1, 0.15) is 30.9 Å². The van der Waals surface area contributed by atoms with Gasteiger partial charge in [-0.15, -0.1) is 0 Å². The van der Waals surface area contributed by atoms with Crippen LogP contribution in [0.4, 0.5) is 0 Å². The summed E-state index contributed by atoms with van der Waals surface area (Å²) in [6.07, 6.45) is 1.23. The predicted molar refractivity (Wildman–Crippen MR) is 109 cm³/mol. The molecule has 2 heterocycles. The van der Waals surface area contributed by atoms with Crippen LogP contribution in [0.2, 0.25) is 0 Å². The third-order valence-corrected chi connectivity index (χ3v) is 4.83. The summed E-state index contributed by atoms with van der Waals surface area (Å²) in [6, 6.07) is 4.66. The number of aromatic nitrogens is 2. The van der Waals surface area contributed by atoms with E-state index in [4.69, 9.17) is 14.6 Å². The number of aryl methyl sites for hydroxylation is 1. The Hall–Kier alpha value is -2.93. The molecule has 1 aromatic carbocycles. The van der Waals surface area contributed by atoms with E-state index in [1.54, 1.807) is 25.2 Å². The zero-order valence-electron chi connectivity index (χ0n) is 16.8. The van der Waals surface area contributed by atoms with Gasteiger partial charge < -0.3 is 14.6 Å². The number of hydrogen-bond donors (Lipinski definition) is 2. The monoisotopic (exact) mass is 415 g/mol. The maximum Gasteiger partial charge on any atom is 0.329 e. The summed E-state index contributed by atoms with van der Waals surface area (Å²) in [7, 11) is 1.65. The van der Waals surface area contributed by atoms with Gasteiger partial charge in [-0.3, -0.25) is 24.0 Å². The number of imide groups is 1. The minimum Gasteiger partial charge on any atom is -0.394 e. The zero-order chi connectivity index (χ0) is 21.5. The van der Waals surface area contributed by atoms with E-state index < -0.39 is 11.9 Å². The lowest BCUT2D eigenvalue weighted by Gasteiger charge is -2.21. The molecule has 9 nitrogen and oxygen atoms in total. The number of amides is 2. The van der Waals surface area contributed by atoms with Gasteiger partial charge in [-0.05, 0) is 31.0 Å². The minimum absolute atomic E-state index is 0.0131. The van der Waals surface area contributed by atoms with Crippen LogP contribution in [0.5, 0.6) is 0 Å². The highest BCUT2D eigenvalue weighted by Crippen LogP contribution is 2.23. The van der Waals surface area contributed by atoms with Crippen molar-refractivity contribution in [2.75, 3.05) is 33.0 Å². The first-order valence-corrected chi connectivity index (χ1v) is 9.83. The summed E-state index contributed by atoms with van der Waals surface area (Å²) in [5, 5.41) is 10.9. The maximum absolute atomic E-state index is 12.7. The van der Waals surface area contributed by atoms with Crippen LogP contribution in [-0.2, 0) is 26.1 Å². The van der Waals surface area contributed by atoms with E-state index in [0.717, 1.165) is 12.0 Å².